The summed E-state index contributed by atoms with van der Waals surface area (Å²) in [5.41, 5.74) is 0. The van der Waals surface area contributed by atoms with Crippen LogP contribution in [0.4, 0.5) is 0 Å². The SMILES string of the molecule is C1COCCN1.[K]. The Morgan fingerprint density at radius 2 is 1.71 bits per heavy atom. The van der Waals surface area contributed by atoms with Crippen LogP contribution < -0.4 is 5.32 Å². The van der Waals surface area contributed by atoms with Crippen LogP contribution in [-0.4, -0.2) is 77.7 Å². The van der Waals surface area contributed by atoms with Crippen molar-refractivity contribution in [2.24, 2.45) is 0 Å². The molecule has 0 aromatic rings. The van der Waals surface area contributed by atoms with E-state index in [2.05, 4.69) is 5.32 Å². The maximum absolute atomic E-state index is 5.01. The molecule has 0 atom stereocenters. The zero-order valence-corrected chi connectivity index (χ0v) is 7.86. The normalized spacial score (nSPS) is 20.6. The van der Waals surface area contributed by atoms with E-state index in [4.69, 9.17) is 4.74 Å². The standard InChI is InChI=1S/C4H9NO.K/c1-3-6-4-2-5-1;/h5H,1-4H2;. The molecule has 7 heavy (non-hydrogen) atoms. The Labute approximate surface area is 86.4 Å². The Bertz CT molecular complexity index is 27.2. The molecule has 1 saturated heterocycles. The van der Waals surface area contributed by atoms with Crippen LogP contribution in [0.5, 0.6) is 0 Å². The van der Waals surface area contributed by atoms with Crippen LogP contribution in [0.2, 0.25) is 0 Å². The molecule has 37 valence electrons. The van der Waals surface area contributed by atoms with Crippen molar-refractivity contribution in [3.63, 3.8) is 0 Å². The van der Waals surface area contributed by atoms with Gasteiger partial charge in [0.25, 0.3) is 0 Å². The van der Waals surface area contributed by atoms with E-state index in [-0.39, 0.29) is 51.4 Å². The summed E-state index contributed by atoms with van der Waals surface area (Å²) in [6, 6.07) is 0. The van der Waals surface area contributed by atoms with E-state index in [1.165, 1.54) is 0 Å². The molecule has 1 heterocycles. The maximum Gasteiger partial charge on any atom is 0.0591 e. The predicted molar refractivity (Wildman–Crippen MR) is 29.4 cm³/mol. The van der Waals surface area contributed by atoms with Gasteiger partial charge in [-0.1, -0.05) is 0 Å². The summed E-state index contributed by atoms with van der Waals surface area (Å²) in [4.78, 5) is 0. The van der Waals surface area contributed by atoms with E-state index in [0.29, 0.717) is 0 Å². The summed E-state index contributed by atoms with van der Waals surface area (Å²) < 4.78 is 5.01. The predicted octanol–water partition coefficient (Wildman–Crippen LogP) is -0.775. The summed E-state index contributed by atoms with van der Waals surface area (Å²) in [5.74, 6) is 0. The Hall–Kier alpha value is 1.56. The Balaban J connectivity index is 0.000000360. The number of hydrogen-bond acceptors (Lipinski definition) is 2. The molecule has 1 rings (SSSR count). The Kier molecular flexibility index (Phi) is 6.95. The van der Waals surface area contributed by atoms with Gasteiger partial charge in [0.05, 0.1) is 13.2 Å². The minimum Gasteiger partial charge on any atom is -0.379 e. The van der Waals surface area contributed by atoms with Crippen LogP contribution in [-0.2, 0) is 4.74 Å². The van der Waals surface area contributed by atoms with Gasteiger partial charge in [0.2, 0.25) is 0 Å². The van der Waals surface area contributed by atoms with Crippen molar-refractivity contribution in [1.82, 2.24) is 5.32 Å². The molecule has 3 heteroatoms. The molecule has 2 nitrogen and oxygen atoms in total. The molecule has 0 spiro atoms. The van der Waals surface area contributed by atoms with E-state index >= 15 is 0 Å². The van der Waals surface area contributed by atoms with Crippen LogP contribution in [0.1, 0.15) is 0 Å². The summed E-state index contributed by atoms with van der Waals surface area (Å²) in [7, 11) is 0. The van der Waals surface area contributed by atoms with Crippen molar-refractivity contribution in [3.05, 3.63) is 0 Å². The zero-order chi connectivity index (χ0) is 4.24. The fraction of sp³-hybridized carbons (Fsp3) is 1.00. The molecular formula is C4H9KNO. The van der Waals surface area contributed by atoms with Crippen molar-refractivity contribution < 1.29 is 4.74 Å². The molecule has 0 aromatic heterocycles. The molecule has 1 radical (unpaired) electrons. The molecule has 0 aliphatic carbocycles. The monoisotopic (exact) mass is 126 g/mol. The average molecular weight is 126 g/mol. The number of nitrogens with one attached hydrogen (secondary N) is 1. The fourth-order valence-corrected chi connectivity index (χ4v) is 0.516. The van der Waals surface area contributed by atoms with Gasteiger partial charge in [0, 0.05) is 64.5 Å². The smallest absolute Gasteiger partial charge is 0.0591 e. The van der Waals surface area contributed by atoms with Gasteiger partial charge in [-0.05, 0) is 0 Å². The third-order valence-corrected chi connectivity index (χ3v) is 0.846. The number of ether oxygens (including phenoxy) is 1. The first-order chi connectivity index (χ1) is 3.00. The van der Waals surface area contributed by atoms with E-state index in [0.717, 1.165) is 26.3 Å². The van der Waals surface area contributed by atoms with E-state index in [9.17, 15) is 0 Å². The molecule has 0 unspecified atom stereocenters. The van der Waals surface area contributed by atoms with Gasteiger partial charge >= 0.3 is 0 Å². The fourth-order valence-electron chi connectivity index (χ4n) is 0.516. The zero-order valence-electron chi connectivity index (χ0n) is 4.74. The molecule has 0 amide bonds. The number of rotatable bonds is 0. The molecule has 1 fully saturated rings. The molecule has 1 aliphatic rings. The van der Waals surface area contributed by atoms with Crippen LogP contribution >= 0.6 is 0 Å². The first-order valence-corrected chi connectivity index (χ1v) is 2.28. The average Bonchev–Trinajstić information content (AvgIpc) is 1.72. The topological polar surface area (TPSA) is 21.3 Å². The van der Waals surface area contributed by atoms with Gasteiger partial charge in [-0.15, -0.1) is 0 Å². The third-order valence-electron chi connectivity index (χ3n) is 0.846. The van der Waals surface area contributed by atoms with Gasteiger partial charge in [0.15, 0.2) is 0 Å². The quantitative estimate of drug-likeness (QED) is 0.430. The minimum absolute atomic E-state index is 0. The number of morpholine rings is 1. The molecule has 0 saturated carbocycles. The van der Waals surface area contributed by atoms with Crippen LogP contribution in [0, 0.1) is 0 Å². The minimum atomic E-state index is 0. The second-order valence-corrected chi connectivity index (χ2v) is 1.36. The third kappa shape index (κ3) is 4.09. The van der Waals surface area contributed by atoms with E-state index < -0.39 is 0 Å². The van der Waals surface area contributed by atoms with Crippen molar-refractivity contribution in [1.29, 1.82) is 0 Å². The van der Waals surface area contributed by atoms with Crippen LogP contribution in [0.3, 0.4) is 0 Å². The van der Waals surface area contributed by atoms with Gasteiger partial charge in [-0.3, -0.25) is 0 Å². The second kappa shape index (κ2) is 5.69. The Morgan fingerprint density at radius 3 is 1.86 bits per heavy atom. The molecule has 0 bridgehead atoms. The molecule has 1 N–H and O–H groups in total. The second-order valence-electron chi connectivity index (χ2n) is 1.36. The first kappa shape index (κ1) is 8.56. The van der Waals surface area contributed by atoms with E-state index in [1.807, 2.05) is 0 Å². The van der Waals surface area contributed by atoms with Gasteiger partial charge in [-0.2, -0.15) is 0 Å². The molecular weight excluding hydrogens is 117 g/mol. The largest absolute Gasteiger partial charge is 0.379 e. The van der Waals surface area contributed by atoms with Crippen LogP contribution in [0.25, 0.3) is 0 Å². The summed E-state index contributed by atoms with van der Waals surface area (Å²) >= 11 is 0. The van der Waals surface area contributed by atoms with Crippen molar-refractivity contribution in [2.75, 3.05) is 26.3 Å². The maximum atomic E-state index is 5.01. The summed E-state index contributed by atoms with van der Waals surface area (Å²) in [6.45, 7) is 3.83. The van der Waals surface area contributed by atoms with Gasteiger partial charge in [0.1, 0.15) is 0 Å². The molecule has 1 aliphatic heterocycles. The van der Waals surface area contributed by atoms with Crippen LogP contribution in [0.15, 0.2) is 0 Å². The van der Waals surface area contributed by atoms with Crippen molar-refractivity contribution in [2.45, 2.75) is 0 Å². The van der Waals surface area contributed by atoms with E-state index in [1.54, 1.807) is 0 Å². The summed E-state index contributed by atoms with van der Waals surface area (Å²) in [6.07, 6.45) is 0. The first-order valence-electron chi connectivity index (χ1n) is 2.28. The van der Waals surface area contributed by atoms with Crippen molar-refractivity contribution >= 4 is 51.4 Å². The van der Waals surface area contributed by atoms with Gasteiger partial charge < -0.3 is 10.1 Å². The summed E-state index contributed by atoms with van der Waals surface area (Å²) in [5, 5.41) is 3.16. The molecule has 0 aromatic carbocycles. The number of hydrogen-bond donors (Lipinski definition) is 1. The Morgan fingerprint density at radius 1 is 1.14 bits per heavy atom. The van der Waals surface area contributed by atoms with Gasteiger partial charge in [-0.25, -0.2) is 0 Å². The van der Waals surface area contributed by atoms with Crippen molar-refractivity contribution in [3.8, 4) is 0 Å².